The number of hydrogen-bond donors (Lipinski definition) is 2. The Bertz CT molecular complexity index is 497. The van der Waals surface area contributed by atoms with Crippen LogP contribution in [0.3, 0.4) is 0 Å². The van der Waals surface area contributed by atoms with Crippen molar-refractivity contribution < 1.29 is 4.79 Å². The lowest BCUT2D eigenvalue weighted by Gasteiger charge is -2.22. The fourth-order valence-corrected chi connectivity index (χ4v) is 2.12. The summed E-state index contributed by atoms with van der Waals surface area (Å²) in [7, 11) is 0. The number of benzene rings is 1. The van der Waals surface area contributed by atoms with Crippen molar-refractivity contribution >= 4 is 5.91 Å². The van der Waals surface area contributed by atoms with Crippen molar-refractivity contribution in [2.45, 2.75) is 46.2 Å². The molecular weight excluding hydrogens is 250 g/mol. The third-order valence-electron chi connectivity index (χ3n) is 2.87. The number of carbonyl (C=O) groups excluding carboxylic acids is 1. The minimum atomic E-state index is -0.125. The van der Waals surface area contributed by atoms with E-state index in [1.54, 1.807) is 12.1 Å². The topological polar surface area (TPSA) is 78.9 Å². The molecule has 0 aromatic heterocycles. The standard InChI is InChI=1S/C16H23N3O/c1-16(2,3)9-14(18)8-15(20)19-11-13-6-4-5-12(7-13)10-17/h4-7,14H,8-9,11,18H2,1-3H3,(H,19,20). The van der Waals surface area contributed by atoms with E-state index in [1.807, 2.05) is 12.1 Å². The van der Waals surface area contributed by atoms with Crippen LogP contribution >= 0.6 is 0 Å². The van der Waals surface area contributed by atoms with Crippen LogP contribution in [-0.2, 0) is 11.3 Å². The predicted molar refractivity (Wildman–Crippen MR) is 79.7 cm³/mol. The smallest absolute Gasteiger partial charge is 0.221 e. The van der Waals surface area contributed by atoms with Gasteiger partial charge >= 0.3 is 0 Å². The summed E-state index contributed by atoms with van der Waals surface area (Å²) in [5, 5.41) is 11.7. The molecule has 1 rings (SSSR count). The molecule has 1 unspecified atom stereocenters. The van der Waals surface area contributed by atoms with Crippen molar-refractivity contribution in [3.05, 3.63) is 35.4 Å². The fraction of sp³-hybridized carbons (Fsp3) is 0.500. The molecule has 0 saturated heterocycles. The third kappa shape index (κ3) is 6.35. The first-order valence-electron chi connectivity index (χ1n) is 6.81. The molecular formula is C16H23N3O. The zero-order valence-electron chi connectivity index (χ0n) is 12.4. The van der Waals surface area contributed by atoms with E-state index in [4.69, 9.17) is 11.0 Å². The van der Waals surface area contributed by atoms with Crippen LogP contribution in [0.2, 0.25) is 0 Å². The predicted octanol–water partition coefficient (Wildman–Crippen LogP) is 2.33. The summed E-state index contributed by atoms with van der Waals surface area (Å²) in [6.45, 7) is 6.76. The van der Waals surface area contributed by atoms with Gasteiger partial charge in [-0.1, -0.05) is 32.9 Å². The second-order valence-corrected chi connectivity index (χ2v) is 6.32. The zero-order chi connectivity index (χ0) is 15.2. The molecule has 1 aromatic carbocycles. The molecule has 1 amide bonds. The molecule has 1 atom stereocenters. The van der Waals surface area contributed by atoms with E-state index in [-0.39, 0.29) is 17.4 Å². The summed E-state index contributed by atoms with van der Waals surface area (Å²) in [4.78, 5) is 11.8. The summed E-state index contributed by atoms with van der Waals surface area (Å²) in [5.74, 6) is -0.0517. The van der Waals surface area contributed by atoms with Gasteiger partial charge in [-0.05, 0) is 29.5 Å². The minimum Gasteiger partial charge on any atom is -0.352 e. The molecule has 4 nitrogen and oxygen atoms in total. The molecule has 0 aliphatic heterocycles. The van der Waals surface area contributed by atoms with Crippen LogP contribution in [0.25, 0.3) is 0 Å². The average Bonchev–Trinajstić information content (AvgIpc) is 2.34. The Morgan fingerprint density at radius 3 is 2.75 bits per heavy atom. The highest BCUT2D eigenvalue weighted by atomic mass is 16.1. The maximum atomic E-state index is 11.8. The van der Waals surface area contributed by atoms with Gasteiger partial charge in [-0.25, -0.2) is 0 Å². The lowest BCUT2D eigenvalue weighted by molar-refractivity contribution is -0.121. The molecule has 0 radical (unpaired) electrons. The van der Waals surface area contributed by atoms with E-state index in [9.17, 15) is 4.79 Å². The number of nitrogens with two attached hydrogens (primary N) is 1. The fourth-order valence-electron chi connectivity index (χ4n) is 2.12. The Labute approximate surface area is 121 Å². The summed E-state index contributed by atoms with van der Waals surface area (Å²) in [6, 6.07) is 9.17. The second-order valence-electron chi connectivity index (χ2n) is 6.32. The van der Waals surface area contributed by atoms with Crippen LogP contribution in [0.5, 0.6) is 0 Å². The van der Waals surface area contributed by atoms with Crippen LogP contribution in [0.15, 0.2) is 24.3 Å². The van der Waals surface area contributed by atoms with Crippen LogP contribution in [0, 0.1) is 16.7 Å². The van der Waals surface area contributed by atoms with Gasteiger partial charge in [0.25, 0.3) is 0 Å². The molecule has 0 aliphatic carbocycles. The summed E-state index contributed by atoms with van der Waals surface area (Å²) >= 11 is 0. The van der Waals surface area contributed by atoms with Gasteiger partial charge in [-0.15, -0.1) is 0 Å². The Kier molecular flexibility index (Phi) is 5.72. The largest absolute Gasteiger partial charge is 0.352 e. The van der Waals surface area contributed by atoms with Gasteiger partial charge in [0.15, 0.2) is 0 Å². The molecule has 20 heavy (non-hydrogen) atoms. The summed E-state index contributed by atoms with van der Waals surface area (Å²) in [5.41, 5.74) is 7.61. The van der Waals surface area contributed by atoms with Gasteiger partial charge in [0.2, 0.25) is 5.91 Å². The number of hydrogen-bond acceptors (Lipinski definition) is 3. The van der Waals surface area contributed by atoms with Gasteiger partial charge < -0.3 is 11.1 Å². The monoisotopic (exact) mass is 273 g/mol. The van der Waals surface area contributed by atoms with Crippen LogP contribution in [0.1, 0.15) is 44.7 Å². The number of nitrogens with one attached hydrogen (secondary N) is 1. The quantitative estimate of drug-likeness (QED) is 0.864. The second kappa shape index (κ2) is 7.06. The lowest BCUT2D eigenvalue weighted by Crippen LogP contribution is -2.34. The van der Waals surface area contributed by atoms with E-state index in [1.165, 1.54) is 0 Å². The first-order valence-corrected chi connectivity index (χ1v) is 6.81. The van der Waals surface area contributed by atoms with Crippen LogP contribution in [-0.4, -0.2) is 11.9 Å². The zero-order valence-corrected chi connectivity index (χ0v) is 12.4. The van der Waals surface area contributed by atoms with Gasteiger partial charge in [-0.3, -0.25) is 4.79 Å². The average molecular weight is 273 g/mol. The van der Waals surface area contributed by atoms with Crippen molar-refractivity contribution in [2.24, 2.45) is 11.1 Å². The van der Waals surface area contributed by atoms with Crippen LogP contribution < -0.4 is 11.1 Å². The first-order chi connectivity index (χ1) is 9.30. The number of rotatable bonds is 5. The SMILES string of the molecule is CC(C)(C)CC(N)CC(=O)NCc1cccc(C#N)c1. The molecule has 0 aliphatic rings. The lowest BCUT2D eigenvalue weighted by atomic mass is 9.87. The third-order valence-corrected chi connectivity index (χ3v) is 2.87. The normalized spacial score (nSPS) is 12.6. The van der Waals surface area contributed by atoms with Crippen molar-refractivity contribution in [3.8, 4) is 6.07 Å². The molecule has 0 bridgehead atoms. The Morgan fingerprint density at radius 2 is 2.15 bits per heavy atom. The van der Waals surface area contributed by atoms with Crippen molar-refractivity contribution in [3.63, 3.8) is 0 Å². The van der Waals surface area contributed by atoms with Gasteiger partial charge in [-0.2, -0.15) is 5.26 Å². The van der Waals surface area contributed by atoms with Gasteiger partial charge in [0.1, 0.15) is 0 Å². The highest BCUT2D eigenvalue weighted by Gasteiger charge is 2.17. The van der Waals surface area contributed by atoms with E-state index in [2.05, 4.69) is 32.2 Å². The molecule has 0 fully saturated rings. The molecule has 3 N–H and O–H groups in total. The number of amides is 1. The molecule has 108 valence electrons. The highest BCUT2D eigenvalue weighted by molar-refractivity contribution is 5.76. The summed E-state index contributed by atoms with van der Waals surface area (Å²) < 4.78 is 0. The van der Waals surface area contributed by atoms with Crippen molar-refractivity contribution in [1.29, 1.82) is 5.26 Å². The van der Waals surface area contributed by atoms with Crippen molar-refractivity contribution in [1.82, 2.24) is 5.32 Å². The maximum absolute atomic E-state index is 11.8. The van der Waals surface area contributed by atoms with E-state index >= 15 is 0 Å². The van der Waals surface area contributed by atoms with Gasteiger partial charge in [0.05, 0.1) is 11.6 Å². The van der Waals surface area contributed by atoms with E-state index in [0.29, 0.717) is 18.5 Å². The minimum absolute atomic E-state index is 0.0517. The Balaban J connectivity index is 2.42. The van der Waals surface area contributed by atoms with Gasteiger partial charge in [0, 0.05) is 19.0 Å². The molecule has 1 aromatic rings. The highest BCUT2D eigenvalue weighted by Crippen LogP contribution is 2.20. The Hall–Kier alpha value is -1.86. The van der Waals surface area contributed by atoms with E-state index in [0.717, 1.165) is 12.0 Å². The maximum Gasteiger partial charge on any atom is 0.221 e. The number of nitrogens with zero attached hydrogens (tertiary/aromatic N) is 1. The molecule has 4 heteroatoms. The van der Waals surface area contributed by atoms with Crippen LogP contribution in [0.4, 0.5) is 0 Å². The van der Waals surface area contributed by atoms with Crippen molar-refractivity contribution in [2.75, 3.05) is 0 Å². The number of nitriles is 1. The first kappa shape index (κ1) is 16.2. The number of carbonyl (C=O) groups is 1. The van der Waals surface area contributed by atoms with E-state index < -0.39 is 0 Å². The molecule has 0 saturated carbocycles. The Morgan fingerprint density at radius 1 is 1.45 bits per heavy atom. The molecule has 0 spiro atoms. The summed E-state index contributed by atoms with van der Waals surface area (Å²) in [6.07, 6.45) is 1.14. The molecule has 0 heterocycles.